The van der Waals surface area contributed by atoms with Crippen molar-refractivity contribution in [2.75, 3.05) is 0 Å². The Labute approximate surface area is 121 Å². The average Bonchev–Trinajstić information content (AvgIpc) is 2.37. The Hall–Kier alpha value is -0.960. The first kappa shape index (κ1) is 12.8. The Bertz CT molecular complexity index is 435. The Morgan fingerprint density at radius 3 is 2.15 bits per heavy atom. The third-order valence-corrected chi connectivity index (χ3v) is 5.97. The van der Waals surface area contributed by atoms with E-state index in [4.69, 9.17) is 5.73 Å². The van der Waals surface area contributed by atoms with Gasteiger partial charge in [-0.25, -0.2) is 9.97 Å². The van der Waals surface area contributed by atoms with Crippen LogP contribution in [0.4, 0.5) is 0 Å². The second kappa shape index (κ2) is 4.80. The summed E-state index contributed by atoms with van der Waals surface area (Å²) in [7, 11) is 0. The molecule has 4 saturated carbocycles. The van der Waals surface area contributed by atoms with Gasteiger partial charge in [-0.2, -0.15) is 0 Å². The molecule has 4 bridgehead atoms. The second-order valence-electron chi connectivity index (χ2n) is 7.83. The zero-order valence-corrected chi connectivity index (χ0v) is 12.2. The van der Waals surface area contributed by atoms with Gasteiger partial charge in [-0.3, -0.25) is 0 Å². The molecule has 0 saturated heterocycles. The van der Waals surface area contributed by atoms with Crippen molar-refractivity contribution >= 4 is 0 Å². The number of rotatable bonds is 4. The fraction of sp³-hybridized carbons (Fsp3) is 0.765. The number of nitrogens with zero attached hydrogens (tertiary/aromatic N) is 2. The highest BCUT2D eigenvalue weighted by Gasteiger charge is 2.50. The highest BCUT2D eigenvalue weighted by atomic mass is 14.8. The van der Waals surface area contributed by atoms with Gasteiger partial charge in [0.1, 0.15) is 6.33 Å². The third kappa shape index (κ3) is 2.37. The van der Waals surface area contributed by atoms with E-state index in [-0.39, 0.29) is 6.04 Å². The molecule has 20 heavy (non-hydrogen) atoms. The average molecular weight is 271 g/mol. The van der Waals surface area contributed by atoms with Gasteiger partial charge in [0.2, 0.25) is 0 Å². The van der Waals surface area contributed by atoms with Crippen molar-refractivity contribution in [1.29, 1.82) is 0 Å². The van der Waals surface area contributed by atoms with E-state index in [1.54, 1.807) is 6.33 Å². The predicted molar refractivity (Wildman–Crippen MR) is 78.9 cm³/mol. The summed E-state index contributed by atoms with van der Waals surface area (Å²) in [5.41, 5.74) is 8.24. The summed E-state index contributed by atoms with van der Waals surface area (Å²) in [5, 5.41) is 0. The lowest BCUT2D eigenvalue weighted by Crippen LogP contribution is -2.48. The van der Waals surface area contributed by atoms with Crippen molar-refractivity contribution in [3.63, 3.8) is 0 Å². The molecule has 4 fully saturated rings. The van der Waals surface area contributed by atoms with Crippen LogP contribution < -0.4 is 5.73 Å². The lowest BCUT2D eigenvalue weighted by molar-refractivity contribution is -0.0602. The topological polar surface area (TPSA) is 51.8 Å². The molecule has 0 aromatic carbocycles. The van der Waals surface area contributed by atoms with E-state index in [1.807, 2.05) is 12.4 Å². The largest absolute Gasteiger partial charge is 0.327 e. The highest BCUT2D eigenvalue weighted by molar-refractivity contribution is 5.07. The fourth-order valence-electron chi connectivity index (χ4n) is 5.91. The van der Waals surface area contributed by atoms with E-state index in [0.717, 1.165) is 24.2 Å². The molecule has 1 atom stereocenters. The maximum Gasteiger partial charge on any atom is 0.115 e. The van der Waals surface area contributed by atoms with E-state index in [9.17, 15) is 0 Å². The first-order valence-electron chi connectivity index (χ1n) is 8.20. The molecule has 1 heterocycles. The SMILES string of the molecule is NC(Cc1cncnc1)CC12CC3CC(CC(C3)C1)C2. The number of nitrogens with two attached hydrogens (primary N) is 1. The summed E-state index contributed by atoms with van der Waals surface area (Å²) >= 11 is 0. The van der Waals surface area contributed by atoms with Crippen LogP contribution in [0.25, 0.3) is 0 Å². The van der Waals surface area contributed by atoms with Crippen molar-refractivity contribution < 1.29 is 0 Å². The predicted octanol–water partition coefficient (Wildman–Crippen LogP) is 2.95. The second-order valence-corrected chi connectivity index (χ2v) is 7.83. The molecular weight excluding hydrogens is 246 g/mol. The van der Waals surface area contributed by atoms with Gasteiger partial charge in [0.25, 0.3) is 0 Å². The van der Waals surface area contributed by atoms with Crippen LogP contribution in [-0.2, 0) is 6.42 Å². The quantitative estimate of drug-likeness (QED) is 0.916. The molecule has 0 amide bonds. The maximum absolute atomic E-state index is 6.47. The normalized spacial score (nSPS) is 40.0. The highest BCUT2D eigenvalue weighted by Crippen LogP contribution is 2.61. The van der Waals surface area contributed by atoms with Gasteiger partial charge >= 0.3 is 0 Å². The van der Waals surface area contributed by atoms with Crippen LogP contribution in [0.15, 0.2) is 18.7 Å². The molecule has 1 aromatic heterocycles. The molecule has 0 aliphatic heterocycles. The molecule has 4 aliphatic rings. The van der Waals surface area contributed by atoms with E-state index in [2.05, 4.69) is 9.97 Å². The van der Waals surface area contributed by atoms with Crippen LogP contribution in [0, 0.1) is 23.2 Å². The first-order valence-corrected chi connectivity index (χ1v) is 8.20. The van der Waals surface area contributed by atoms with Crippen molar-refractivity contribution in [1.82, 2.24) is 9.97 Å². The van der Waals surface area contributed by atoms with Gasteiger partial charge < -0.3 is 5.73 Å². The summed E-state index contributed by atoms with van der Waals surface area (Å²) in [6.45, 7) is 0. The van der Waals surface area contributed by atoms with Crippen LogP contribution >= 0.6 is 0 Å². The van der Waals surface area contributed by atoms with Gasteiger partial charge in [-0.15, -0.1) is 0 Å². The maximum atomic E-state index is 6.47. The van der Waals surface area contributed by atoms with Gasteiger partial charge in [0.15, 0.2) is 0 Å². The van der Waals surface area contributed by atoms with Crippen LogP contribution in [0.2, 0.25) is 0 Å². The summed E-state index contributed by atoms with van der Waals surface area (Å²) in [5.74, 6) is 3.07. The lowest BCUT2D eigenvalue weighted by Gasteiger charge is -2.57. The molecule has 4 aliphatic carbocycles. The number of hydrogen-bond donors (Lipinski definition) is 1. The standard InChI is InChI=1S/C17H25N3/c18-16(4-15-9-19-11-20-10-15)8-17-5-12-1-13(6-17)3-14(2-12)7-17/h9-14,16H,1-8,18H2. The Kier molecular flexibility index (Phi) is 3.06. The fourth-order valence-corrected chi connectivity index (χ4v) is 5.91. The molecule has 0 radical (unpaired) electrons. The van der Waals surface area contributed by atoms with E-state index in [1.165, 1.54) is 50.5 Å². The molecular formula is C17H25N3. The molecule has 3 heteroatoms. The monoisotopic (exact) mass is 271 g/mol. The third-order valence-electron chi connectivity index (χ3n) is 5.97. The zero-order chi connectivity index (χ0) is 13.6. The molecule has 5 rings (SSSR count). The van der Waals surface area contributed by atoms with Crippen LogP contribution in [0.1, 0.15) is 50.5 Å². The van der Waals surface area contributed by atoms with Crippen molar-refractivity contribution in [3.8, 4) is 0 Å². The Morgan fingerprint density at radius 1 is 1.05 bits per heavy atom. The smallest absolute Gasteiger partial charge is 0.115 e. The number of aromatic nitrogens is 2. The minimum Gasteiger partial charge on any atom is -0.327 e. The van der Waals surface area contributed by atoms with Gasteiger partial charge in [0, 0.05) is 18.4 Å². The number of hydrogen-bond acceptors (Lipinski definition) is 3. The summed E-state index contributed by atoms with van der Waals surface area (Å²) < 4.78 is 0. The van der Waals surface area contributed by atoms with Gasteiger partial charge in [0.05, 0.1) is 0 Å². The minimum atomic E-state index is 0.275. The molecule has 0 spiro atoms. The summed E-state index contributed by atoms with van der Waals surface area (Å²) in [6, 6.07) is 0.275. The lowest BCUT2D eigenvalue weighted by atomic mass is 9.48. The Morgan fingerprint density at radius 2 is 1.60 bits per heavy atom. The Balaban J connectivity index is 1.43. The molecule has 1 unspecified atom stereocenters. The minimum absolute atomic E-state index is 0.275. The molecule has 3 nitrogen and oxygen atoms in total. The van der Waals surface area contributed by atoms with Gasteiger partial charge in [-0.1, -0.05) is 0 Å². The molecule has 2 N–H and O–H groups in total. The van der Waals surface area contributed by atoms with Gasteiger partial charge in [-0.05, 0) is 80.1 Å². The summed E-state index contributed by atoms with van der Waals surface area (Å²) in [6.07, 6.45) is 16.5. The van der Waals surface area contributed by atoms with Crippen LogP contribution in [0.3, 0.4) is 0 Å². The van der Waals surface area contributed by atoms with E-state index < -0.39 is 0 Å². The van der Waals surface area contributed by atoms with Crippen LogP contribution in [0.5, 0.6) is 0 Å². The molecule has 108 valence electrons. The van der Waals surface area contributed by atoms with E-state index >= 15 is 0 Å². The molecule has 1 aromatic rings. The van der Waals surface area contributed by atoms with Crippen molar-refractivity contribution in [2.45, 2.75) is 57.4 Å². The van der Waals surface area contributed by atoms with Crippen molar-refractivity contribution in [3.05, 3.63) is 24.3 Å². The first-order chi connectivity index (χ1) is 9.71. The van der Waals surface area contributed by atoms with Crippen molar-refractivity contribution in [2.24, 2.45) is 28.9 Å². The van der Waals surface area contributed by atoms with E-state index in [0.29, 0.717) is 5.41 Å². The summed E-state index contributed by atoms with van der Waals surface area (Å²) in [4.78, 5) is 8.20. The zero-order valence-electron chi connectivity index (χ0n) is 12.2. The van der Waals surface area contributed by atoms with Crippen LogP contribution in [-0.4, -0.2) is 16.0 Å².